The highest BCUT2D eigenvalue weighted by molar-refractivity contribution is 6.06. The van der Waals surface area contributed by atoms with E-state index in [4.69, 9.17) is 14.2 Å². The van der Waals surface area contributed by atoms with Crippen molar-refractivity contribution < 1.29 is 19.0 Å². The van der Waals surface area contributed by atoms with Gasteiger partial charge in [-0.3, -0.25) is 4.79 Å². The van der Waals surface area contributed by atoms with Gasteiger partial charge in [0, 0.05) is 5.56 Å². The lowest BCUT2D eigenvalue weighted by Crippen LogP contribution is -1.99. The quantitative estimate of drug-likeness (QED) is 0.245. The maximum absolute atomic E-state index is 12.4. The van der Waals surface area contributed by atoms with Crippen LogP contribution in [0.3, 0.4) is 0 Å². The summed E-state index contributed by atoms with van der Waals surface area (Å²) in [6.07, 6.45) is 3.32. The second-order valence-electron chi connectivity index (χ2n) is 7.26. The number of fused-ring (bicyclic) bond motifs is 1. The molecule has 0 spiro atoms. The molecule has 0 fully saturated rings. The molecule has 0 unspecified atom stereocenters. The number of benzene rings is 4. The summed E-state index contributed by atoms with van der Waals surface area (Å²) in [6.45, 7) is 0.433. The fourth-order valence-corrected chi connectivity index (χ4v) is 3.50. The van der Waals surface area contributed by atoms with E-state index in [1.807, 2.05) is 36.4 Å². The molecule has 32 heavy (non-hydrogen) atoms. The Morgan fingerprint density at radius 2 is 1.59 bits per heavy atom. The molecular formula is C28H24O4. The first kappa shape index (κ1) is 21.2. The number of carbonyl (C=O) groups is 1. The zero-order valence-electron chi connectivity index (χ0n) is 18.1. The summed E-state index contributed by atoms with van der Waals surface area (Å²) in [5.74, 6) is 1.90. The predicted octanol–water partition coefficient (Wildman–Crippen LogP) is 6.33. The molecule has 0 aliphatic carbocycles. The van der Waals surface area contributed by atoms with E-state index in [9.17, 15) is 4.79 Å². The number of methoxy groups -OCH3 is 2. The van der Waals surface area contributed by atoms with Gasteiger partial charge in [0.1, 0.15) is 12.4 Å². The average molecular weight is 424 g/mol. The molecule has 0 amide bonds. The third-order valence-corrected chi connectivity index (χ3v) is 5.25. The maximum atomic E-state index is 12.4. The van der Waals surface area contributed by atoms with Crippen molar-refractivity contribution in [1.29, 1.82) is 0 Å². The molecule has 4 aromatic rings. The van der Waals surface area contributed by atoms with Crippen molar-refractivity contribution in [2.24, 2.45) is 0 Å². The third-order valence-electron chi connectivity index (χ3n) is 5.25. The predicted molar refractivity (Wildman–Crippen MR) is 128 cm³/mol. The van der Waals surface area contributed by atoms with E-state index >= 15 is 0 Å². The van der Waals surface area contributed by atoms with Gasteiger partial charge >= 0.3 is 0 Å². The SMILES string of the molecule is COc1ccc(C(=O)/C=C/c2ccc(OCc3cccc4ccccc34)c(OC)c2)cc1. The zero-order chi connectivity index (χ0) is 22.3. The molecule has 0 aromatic heterocycles. The Balaban J connectivity index is 1.47. The van der Waals surface area contributed by atoms with Crippen molar-refractivity contribution in [2.75, 3.05) is 14.2 Å². The van der Waals surface area contributed by atoms with Crippen LogP contribution in [0, 0.1) is 0 Å². The number of carbonyl (C=O) groups excluding carboxylic acids is 1. The number of ether oxygens (including phenoxy) is 3. The summed E-state index contributed by atoms with van der Waals surface area (Å²) in [6, 6.07) is 27.1. The van der Waals surface area contributed by atoms with E-state index in [1.165, 1.54) is 10.8 Å². The normalized spacial score (nSPS) is 10.9. The Bertz CT molecular complexity index is 1250. The summed E-state index contributed by atoms with van der Waals surface area (Å²) >= 11 is 0. The number of hydrogen-bond donors (Lipinski definition) is 0. The van der Waals surface area contributed by atoms with Crippen molar-refractivity contribution in [3.05, 3.63) is 108 Å². The van der Waals surface area contributed by atoms with E-state index in [0.717, 1.165) is 11.1 Å². The largest absolute Gasteiger partial charge is 0.497 e. The highest BCUT2D eigenvalue weighted by Gasteiger charge is 2.08. The Hall–Kier alpha value is -4.05. The molecule has 4 nitrogen and oxygen atoms in total. The highest BCUT2D eigenvalue weighted by atomic mass is 16.5. The van der Waals surface area contributed by atoms with Crippen LogP contribution < -0.4 is 14.2 Å². The van der Waals surface area contributed by atoms with E-state index in [0.29, 0.717) is 29.4 Å². The van der Waals surface area contributed by atoms with Gasteiger partial charge in [-0.05, 0) is 64.4 Å². The standard InChI is InChI=1S/C28H24O4/c1-30-24-14-12-22(13-15-24)26(29)16-10-20-11-17-27(28(18-20)31-2)32-19-23-8-5-7-21-6-3-4-9-25(21)23/h3-18H,19H2,1-2H3/b16-10+. The van der Waals surface area contributed by atoms with Crippen LogP contribution in [-0.4, -0.2) is 20.0 Å². The lowest BCUT2D eigenvalue weighted by atomic mass is 10.1. The fraction of sp³-hybridized carbons (Fsp3) is 0.107. The van der Waals surface area contributed by atoms with Crippen molar-refractivity contribution in [3.63, 3.8) is 0 Å². The van der Waals surface area contributed by atoms with Crippen LogP contribution in [0.25, 0.3) is 16.8 Å². The summed E-state index contributed by atoms with van der Waals surface area (Å²) in [7, 11) is 3.20. The van der Waals surface area contributed by atoms with Gasteiger partial charge in [-0.1, -0.05) is 54.6 Å². The van der Waals surface area contributed by atoms with E-state index < -0.39 is 0 Å². The van der Waals surface area contributed by atoms with Crippen molar-refractivity contribution in [1.82, 2.24) is 0 Å². The van der Waals surface area contributed by atoms with Crippen molar-refractivity contribution >= 4 is 22.6 Å². The second kappa shape index (κ2) is 9.84. The molecule has 0 radical (unpaired) electrons. The zero-order valence-corrected chi connectivity index (χ0v) is 18.1. The molecule has 0 saturated heterocycles. The molecule has 4 rings (SSSR count). The van der Waals surface area contributed by atoms with Crippen LogP contribution in [0.2, 0.25) is 0 Å². The Kier molecular flexibility index (Phi) is 6.52. The number of hydrogen-bond acceptors (Lipinski definition) is 4. The monoisotopic (exact) mass is 424 g/mol. The average Bonchev–Trinajstić information content (AvgIpc) is 2.86. The molecule has 0 saturated carbocycles. The minimum absolute atomic E-state index is 0.0806. The smallest absolute Gasteiger partial charge is 0.185 e. The topological polar surface area (TPSA) is 44.8 Å². The molecule has 4 aromatic carbocycles. The Morgan fingerprint density at radius 1 is 0.812 bits per heavy atom. The summed E-state index contributed by atoms with van der Waals surface area (Å²) < 4.78 is 16.7. The lowest BCUT2D eigenvalue weighted by Gasteiger charge is -2.13. The molecule has 0 heterocycles. The molecule has 4 heteroatoms. The Labute approximate surface area is 187 Å². The lowest BCUT2D eigenvalue weighted by molar-refractivity contribution is 0.104. The van der Waals surface area contributed by atoms with Crippen molar-refractivity contribution in [2.45, 2.75) is 6.61 Å². The first-order chi connectivity index (χ1) is 15.7. The van der Waals surface area contributed by atoms with E-state index in [-0.39, 0.29) is 5.78 Å². The molecule has 160 valence electrons. The van der Waals surface area contributed by atoms with E-state index in [2.05, 4.69) is 24.3 Å². The van der Waals surface area contributed by atoms with Gasteiger partial charge in [-0.2, -0.15) is 0 Å². The number of ketones is 1. The fourth-order valence-electron chi connectivity index (χ4n) is 3.50. The molecule has 0 aliphatic rings. The minimum atomic E-state index is -0.0806. The van der Waals surface area contributed by atoms with Gasteiger partial charge in [-0.15, -0.1) is 0 Å². The molecule has 0 bridgehead atoms. The molecule has 0 N–H and O–H groups in total. The first-order valence-electron chi connectivity index (χ1n) is 10.3. The highest BCUT2D eigenvalue weighted by Crippen LogP contribution is 2.30. The van der Waals surface area contributed by atoms with Crippen LogP contribution in [0.15, 0.2) is 91.0 Å². The van der Waals surface area contributed by atoms with Gasteiger partial charge in [0.2, 0.25) is 0 Å². The van der Waals surface area contributed by atoms with Crippen LogP contribution in [0.4, 0.5) is 0 Å². The van der Waals surface area contributed by atoms with Gasteiger partial charge in [0.05, 0.1) is 14.2 Å². The second-order valence-corrected chi connectivity index (χ2v) is 7.26. The van der Waals surface area contributed by atoms with Crippen LogP contribution in [0.1, 0.15) is 21.5 Å². The van der Waals surface area contributed by atoms with Gasteiger partial charge in [0.15, 0.2) is 17.3 Å². The number of allylic oxidation sites excluding steroid dienone is 1. The summed E-state index contributed by atoms with van der Waals surface area (Å²) in [5.41, 5.74) is 2.56. The van der Waals surface area contributed by atoms with Crippen LogP contribution >= 0.6 is 0 Å². The van der Waals surface area contributed by atoms with Crippen LogP contribution in [0.5, 0.6) is 17.2 Å². The van der Waals surface area contributed by atoms with Crippen LogP contribution in [-0.2, 0) is 6.61 Å². The van der Waals surface area contributed by atoms with E-state index in [1.54, 1.807) is 50.6 Å². The first-order valence-corrected chi connectivity index (χ1v) is 10.3. The molecule has 0 aliphatic heterocycles. The number of rotatable bonds is 8. The molecular weight excluding hydrogens is 400 g/mol. The van der Waals surface area contributed by atoms with Gasteiger partial charge in [-0.25, -0.2) is 0 Å². The summed E-state index contributed by atoms with van der Waals surface area (Å²) in [5, 5.41) is 2.35. The Morgan fingerprint density at radius 3 is 2.38 bits per heavy atom. The van der Waals surface area contributed by atoms with Crippen molar-refractivity contribution in [3.8, 4) is 17.2 Å². The van der Waals surface area contributed by atoms with Gasteiger partial charge in [0.25, 0.3) is 0 Å². The third kappa shape index (κ3) is 4.81. The maximum Gasteiger partial charge on any atom is 0.185 e. The minimum Gasteiger partial charge on any atom is -0.497 e. The van der Waals surface area contributed by atoms with Gasteiger partial charge < -0.3 is 14.2 Å². The summed E-state index contributed by atoms with van der Waals surface area (Å²) in [4.78, 5) is 12.4. The molecule has 0 atom stereocenters.